The molecule has 3 rings (SSSR count). The van der Waals surface area contributed by atoms with E-state index in [1.54, 1.807) is 0 Å². The van der Waals surface area contributed by atoms with Crippen LogP contribution in [0.25, 0.3) is 10.9 Å². The van der Waals surface area contributed by atoms with Gasteiger partial charge < -0.3 is 15.8 Å². The summed E-state index contributed by atoms with van der Waals surface area (Å²) in [7, 11) is 0. The van der Waals surface area contributed by atoms with Crippen LogP contribution in [0, 0.1) is 0 Å². The van der Waals surface area contributed by atoms with E-state index in [1.807, 2.05) is 68.0 Å². The van der Waals surface area contributed by atoms with E-state index in [0.717, 1.165) is 35.1 Å². The van der Waals surface area contributed by atoms with Crippen molar-refractivity contribution in [3.8, 4) is 0 Å². The van der Waals surface area contributed by atoms with Crippen LogP contribution in [0.15, 0.2) is 42.6 Å². The molecule has 2 amide bonds. The number of hydrogen-bond donors (Lipinski definition) is 2. The van der Waals surface area contributed by atoms with Gasteiger partial charge in [-0.2, -0.15) is 5.10 Å². The van der Waals surface area contributed by atoms with Crippen LogP contribution in [0.1, 0.15) is 44.5 Å². The molecule has 0 spiro atoms. The number of nitrogens with zero attached hydrogens (tertiary/aromatic N) is 3. The van der Waals surface area contributed by atoms with Crippen LogP contribution in [0.5, 0.6) is 0 Å². The first kappa shape index (κ1) is 22.1. The fourth-order valence-corrected chi connectivity index (χ4v) is 3.90. The van der Waals surface area contributed by atoms with E-state index in [4.69, 9.17) is 22.1 Å². The Labute approximate surface area is 181 Å². The number of benzene rings is 1. The second-order valence-electron chi connectivity index (χ2n) is 7.70. The molecule has 3 N–H and O–H groups in total. The molecule has 7 nitrogen and oxygen atoms in total. The fourth-order valence-electron chi connectivity index (χ4n) is 3.68. The number of urea groups is 1. The van der Waals surface area contributed by atoms with E-state index in [-0.39, 0.29) is 6.04 Å². The SMILES string of the molecule is CCn1ncc2cc(Cl)nc(CCCOC(C)(C)C(NC(N)=O)c3ccccc3)c21. The van der Waals surface area contributed by atoms with Crippen LogP contribution >= 0.6 is 11.6 Å². The number of carbonyl (C=O) groups is 1. The molecule has 2 aromatic heterocycles. The molecule has 30 heavy (non-hydrogen) atoms. The zero-order valence-corrected chi connectivity index (χ0v) is 18.3. The molecule has 8 heteroatoms. The summed E-state index contributed by atoms with van der Waals surface area (Å²) in [4.78, 5) is 16.1. The Balaban J connectivity index is 1.68. The van der Waals surface area contributed by atoms with E-state index in [2.05, 4.69) is 15.4 Å². The average Bonchev–Trinajstić information content (AvgIpc) is 3.12. The Morgan fingerprint density at radius 2 is 2.07 bits per heavy atom. The molecule has 1 atom stereocenters. The van der Waals surface area contributed by atoms with Crippen LogP contribution in [0.2, 0.25) is 5.15 Å². The van der Waals surface area contributed by atoms with Gasteiger partial charge in [-0.05, 0) is 45.2 Å². The van der Waals surface area contributed by atoms with Gasteiger partial charge in [0.1, 0.15) is 5.15 Å². The van der Waals surface area contributed by atoms with Gasteiger partial charge in [-0.15, -0.1) is 0 Å². The molecule has 2 heterocycles. The third-order valence-electron chi connectivity index (χ3n) is 5.10. The number of aryl methyl sites for hydroxylation is 2. The summed E-state index contributed by atoms with van der Waals surface area (Å²) in [5.41, 5.74) is 7.61. The summed E-state index contributed by atoms with van der Waals surface area (Å²) in [5, 5.41) is 8.66. The summed E-state index contributed by atoms with van der Waals surface area (Å²) in [5.74, 6) is 0. The van der Waals surface area contributed by atoms with Crippen molar-refractivity contribution in [1.82, 2.24) is 20.1 Å². The van der Waals surface area contributed by atoms with Crippen molar-refractivity contribution in [3.63, 3.8) is 0 Å². The lowest BCUT2D eigenvalue weighted by atomic mass is 9.91. The highest BCUT2D eigenvalue weighted by Crippen LogP contribution is 2.29. The maximum absolute atomic E-state index is 11.6. The highest BCUT2D eigenvalue weighted by Gasteiger charge is 2.32. The molecular weight excluding hydrogens is 402 g/mol. The highest BCUT2D eigenvalue weighted by molar-refractivity contribution is 6.30. The summed E-state index contributed by atoms with van der Waals surface area (Å²) < 4.78 is 8.13. The quantitative estimate of drug-likeness (QED) is 0.392. The van der Waals surface area contributed by atoms with Crippen LogP contribution < -0.4 is 11.1 Å². The van der Waals surface area contributed by atoms with Gasteiger partial charge >= 0.3 is 6.03 Å². The van der Waals surface area contributed by atoms with Gasteiger partial charge in [0.15, 0.2) is 0 Å². The molecule has 1 unspecified atom stereocenters. The van der Waals surface area contributed by atoms with Crippen LogP contribution in [-0.4, -0.2) is 33.0 Å². The normalized spacial score (nSPS) is 12.8. The van der Waals surface area contributed by atoms with Crippen molar-refractivity contribution < 1.29 is 9.53 Å². The number of halogens is 1. The summed E-state index contributed by atoms with van der Waals surface area (Å²) in [6.07, 6.45) is 3.27. The van der Waals surface area contributed by atoms with Crippen molar-refractivity contribution >= 4 is 28.5 Å². The number of nitrogens with one attached hydrogen (secondary N) is 1. The predicted molar refractivity (Wildman–Crippen MR) is 118 cm³/mol. The molecule has 0 aliphatic rings. The zero-order chi connectivity index (χ0) is 21.7. The Morgan fingerprint density at radius 1 is 1.33 bits per heavy atom. The number of ether oxygens (including phenoxy) is 1. The minimum absolute atomic E-state index is 0.367. The molecule has 0 radical (unpaired) electrons. The van der Waals surface area contributed by atoms with Crippen molar-refractivity contribution in [2.75, 3.05) is 6.61 Å². The van der Waals surface area contributed by atoms with E-state index in [0.29, 0.717) is 18.2 Å². The Bertz CT molecular complexity index is 1000. The first-order valence-electron chi connectivity index (χ1n) is 10.1. The zero-order valence-electron chi connectivity index (χ0n) is 17.6. The molecule has 3 aromatic rings. The minimum atomic E-state index is -0.654. The van der Waals surface area contributed by atoms with Gasteiger partial charge in [0.2, 0.25) is 0 Å². The average molecular weight is 430 g/mol. The van der Waals surface area contributed by atoms with Crippen LogP contribution in [0.3, 0.4) is 0 Å². The van der Waals surface area contributed by atoms with Crippen LogP contribution in [-0.2, 0) is 17.7 Å². The number of nitrogens with two attached hydrogens (primary N) is 1. The third kappa shape index (κ3) is 5.09. The summed E-state index contributed by atoms with van der Waals surface area (Å²) in [6.45, 7) is 7.20. The largest absolute Gasteiger partial charge is 0.373 e. The second kappa shape index (κ2) is 9.45. The van der Waals surface area contributed by atoms with Gasteiger partial charge in [0.25, 0.3) is 0 Å². The molecule has 0 aliphatic heterocycles. The number of primary amides is 1. The van der Waals surface area contributed by atoms with Crippen molar-refractivity contribution in [3.05, 3.63) is 59.0 Å². The second-order valence-corrected chi connectivity index (χ2v) is 8.08. The molecule has 0 aliphatic carbocycles. The molecule has 160 valence electrons. The molecule has 0 saturated heterocycles. The fraction of sp³-hybridized carbons (Fsp3) is 0.409. The van der Waals surface area contributed by atoms with E-state index >= 15 is 0 Å². The van der Waals surface area contributed by atoms with Gasteiger partial charge in [-0.3, -0.25) is 4.68 Å². The number of carbonyl (C=O) groups excluding carboxylic acids is 1. The number of aromatic nitrogens is 3. The number of hydrogen-bond acceptors (Lipinski definition) is 4. The molecular formula is C22H28ClN5O2. The lowest BCUT2D eigenvalue weighted by molar-refractivity contribution is -0.0435. The third-order valence-corrected chi connectivity index (χ3v) is 5.30. The topological polar surface area (TPSA) is 95.1 Å². The molecule has 0 bridgehead atoms. The number of rotatable bonds is 9. The Morgan fingerprint density at radius 3 is 2.73 bits per heavy atom. The van der Waals surface area contributed by atoms with Gasteiger partial charge in [-0.25, -0.2) is 9.78 Å². The summed E-state index contributed by atoms with van der Waals surface area (Å²) in [6, 6.07) is 10.6. The Kier molecular flexibility index (Phi) is 6.95. The maximum atomic E-state index is 11.6. The number of fused-ring (bicyclic) bond motifs is 1. The van der Waals surface area contributed by atoms with Crippen molar-refractivity contribution in [2.24, 2.45) is 5.73 Å². The smallest absolute Gasteiger partial charge is 0.312 e. The van der Waals surface area contributed by atoms with E-state index < -0.39 is 11.6 Å². The van der Waals surface area contributed by atoms with Gasteiger partial charge in [0, 0.05) is 18.5 Å². The van der Waals surface area contributed by atoms with E-state index in [9.17, 15) is 4.79 Å². The predicted octanol–water partition coefficient (Wildman–Crippen LogP) is 4.24. The molecule has 0 saturated carbocycles. The maximum Gasteiger partial charge on any atom is 0.312 e. The van der Waals surface area contributed by atoms with Crippen molar-refractivity contribution in [1.29, 1.82) is 0 Å². The number of pyridine rings is 1. The molecule has 0 fully saturated rings. The summed E-state index contributed by atoms with van der Waals surface area (Å²) >= 11 is 6.19. The monoisotopic (exact) mass is 429 g/mol. The first-order chi connectivity index (χ1) is 14.3. The van der Waals surface area contributed by atoms with Gasteiger partial charge in [-0.1, -0.05) is 41.9 Å². The van der Waals surface area contributed by atoms with Crippen LogP contribution in [0.4, 0.5) is 4.79 Å². The Hall–Kier alpha value is -2.64. The molecule has 1 aromatic carbocycles. The highest BCUT2D eigenvalue weighted by atomic mass is 35.5. The standard InChI is InChI=1S/C22H28ClN5O2/c1-4-28-19-16(14-25-28)13-18(23)26-17(19)11-8-12-30-22(2,3)20(27-21(24)29)15-9-6-5-7-10-15/h5-7,9-10,13-14,20H,4,8,11-12H2,1-3H3,(H3,24,27,29). The lowest BCUT2D eigenvalue weighted by Gasteiger charge is -2.35. The lowest BCUT2D eigenvalue weighted by Crippen LogP contribution is -2.46. The van der Waals surface area contributed by atoms with Crippen molar-refractivity contribution in [2.45, 2.75) is 51.8 Å². The van der Waals surface area contributed by atoms with E-state index in [1.165, 1.54) is 0 Å². The first-order valence-corrected chi connectivity index (χ1v) is 10.5. The minimum Gasteiger partial charge on any atom is -0.373 e. The number of amides is 2. The van der Waals surface area contributed by atoms with Gasteiger partial charge in [0.05, 0.1) is 29.1 Å².